The maximum Gasteiger partial charge on any atom is 0.238 e. The van der Waals surface area contributed by atoms with Crippen molar-refractivity contribution >= 4 is 17.5 Å². The van der Waals surface area contributed by atoms with Crippen molar-refractivity contribution in [3.8, 4) is 11.8 Å². The lowest BCUT2D eigenvalue weighted by atomic mass is 9.79. The molecular formula is C24H19ClN2O. The number of carbonyl (C=O) groups is 1. The number of hydrogen-bond donors (Lipinski definition) is 0. The van der Waals surface area contributed by atoms with E-state index in [1.165, 1.54) is 5.56 Å². The molecule has 28 heavy (non-hydrogen) atoms. The summed E-state index contributed by atoms with van der Waals surface area (Å²) in [6.45, 7) is 0.511. The Bertz CT molecular complexity index is 1020. The lowest BCUT2D eigenvalue weighted by molar-refractivity contribution is -0.131. The first-order chi connectivity index (χ1) is 13.8. The fourth-order valence-corrected chi connectivity index (χ4v) is 3.86. The first kappa shape index (κ1) is 18.3. The van der Waals surface area contributed by atoms with Gasteiger partial charge in [-0.25, -0.2) is 0 Å². The van der Waals surface area contributed by atoms with Crippen LogP contribution in [-0.4, -0.2) is 27.7 Å². The number of fused-ring (bicyclic) bond motifs is 1. The number of aromatic nitrogens is 1. The third kappa shape index (κ3) is 3.65. The number of benzene rings is 2. The number of amides is 1. The topological polar surface area (TPSA) is 33.2 Å². The second-order valence-corrected chi connectivity index (χ2v) is 6.97. The highest BCUT2D eigenvalue weighted by molar-refractivity contribution is 6.27. The van der Waals surface area contributed by atoms with E-state index in [9.17, 15) is 4.79 Å². The maximum atomic E-state index is 12.7. The van der Waals surface area contributed by atoms with Crippen LogP contribution >= 0.6 is 11.6 Å². The van der Waals surface area contributed by atoms with E-state index >= 15 is 0 Å². The molecule has 138 valence electrons. The minimum atomic E-state index is -0.302. The molecule has 2 unspecified atom stereocenters. The standard InChI is InChI=1S/C24H19ClN2O/c25-15-23(28)27-17-20-10-4-5-11-21(20)24(19-8-2-1-3-9-19)22(27)13-12-18-7-6-14-26-16-18/h1-11,14,16,22,24H,15,17H2. The zero-order chi connectivity index (χ0) is 19.3. The summed E-state index contributed by atoms with van der Waals surface area (Å²) in [5.74, 6) is 6.34. The number of rotatable bonds is 2. The van der Waals surface area contributed by atoms with Gasteiger partial charge < -0.3 is 4.90 Å². The predicted molar refractivity (Wildman–Crippen MR) is 111 cm³/mol. The van der Waals surface area contributed by atoms with E-state index in [0.29, 0.717) is 6.54 Å². The molecule has 2 aromatic carbocycles. The Balaban J connectivity index is 1.86. The smallest absolute Gasteiger partial charge is 0.238 e. The van der Waals surface area contributed by atoms with Gasteiger partial charge in [-0.15, -0.1) is 11.6 Å². The lowest BCUT2D eigenvalue weighted by Crippen LogP contribution is -2.47. The van der Waals surface area contributed by atoms with Crippen LogP contribution in [0, 0.1) is 11.8 Å². The van der Waals surface area contributed by atoms with E-state index in [2.05, 4.69) is 41.1 Å². The van der Waals surface area contributed by atoms with E-state index in [1.807, 2.05) is 42.5 Å². The van der Waals surface area contributed by atoms with Crippen LogP contribution in [0.1, 0.15) is 28.2 Å². The molecule has 0 saturated carbocycles. The highest BCUT2D eigenvalue weighted by atomic mass is 35.5. The molecule has 1 aliphatic rings. The molecule has 0 spiro atoms. The van der Waals surface area contributed by atoms with Crippen LogP contribution in [0.2, 0.25) is 0 Å². The van der Waals surface area contributed by atoms with Gasteiger partial charge in [0.05, 0.1) is 0 Å². The molecule has 1 aromatic heterocycles. The highest BCUT2D eigenvalue weighted by Crippen LogP contribution is 2.38. The first-order valence-corrected chi connectivity index (χ1v) is 9.71. The van der Waals surface area contributed by atoms with Crippen molar-refractivity contribution in [2.24, 2.45) is 0 Å². The molecular weight excluding hydrogens is 368 g/mol. The van der Waals surface area contributed by atoms with Gasteiger partial charge in [-0.3, -0.25) is 9.78 Å². The summed E-state index contributed by atoms with van der Waals surface area (Å²) in [4.78, 5) is 18.6. The summed E-state index contributed by atoms with van der Waals surface area (Å²) in [6.07, 6.45) is 3.45. The zero-order valence-corrected chi connectivity index (χ0v) is 16.0. The molecule has 0 bridgehead atoms. The van der Waals surface area contributed by atoms with Crippen molar-refractivity contribution in [1.82, 2.24) is 9.88 Å². The summed E-state index contributed by atoms with van der Waals surface area (Å²) >= 11 is 5.94. The van der Waals surface area contributed by atoms with Crippen LogP contribution in [0.3, 0.4) is 0 Å². The van der Waals surface area contributed by atoms with Gasteiger partial charge in [-0.1, -0.05) is 66.4 Å². The van der Waals surface area contributed by atoms with Gasteiger partial charge >= 0.3 is 0 Å². The molecule has 0 fully saturated rings. The number of alkyl halides is 1. The van der Waals surface area contributed by atoms with Crippen LogP contribution in [0.4, 0.5) is 0 Å². The van der Waals surface area contributed by atoms with E-state index < -0.39 is 0 Å². The predicted octanol–water partition coefficient (Wildman–Crippen LogP) is 4.21. The number of pyridine rings is 1. The van der Waals surface area contributed by atoms with Crippen molar-refractivity contribution in [1.29, 1.82) is 0 Å². The number of nitrogens with zero attached hydrogens (tertiary/aromatic N) is 2. The summed E-state index contributed by atoms with van der Waals surface area (Å²) in [6, 6.07) is 21.9. The van der Waals surface area contributed by atoms with E-state index in [0.717, 1.165) is 16.7 Å². The molecule has 2 atom stereocenters. The Labute approximate surface area is 170 Å². The molecule has 1 amide bonds. The molecule has 0 radical (unpaired) electrons. The summed E-state index contributed by atoms with van der Waals surface area (Å²) in [7, 11) is 0. The average molecular weight is 387 g/mol. The van der Waals surface area contributed by atoms with Crippen molar-refractivity contribution in [2.75, 3.05) is 5.88 Å². The van der Waals surface area contributed by atoms with E-state index in [4.69, 9.17) is 11.6 Å². The van der Waals surface area contributed by atoms with Gasteiger partial charge in [-0.05, 0) is 28.8 Å². The minimum absolute atomic E-state index is 0.0394. The SMILES string of the molecule is O=C(CCl)N1Cc2ccccc2C(c2ccccc2)C1C#Cc1cccnc1. The van der Waals surface area contributed by atoms with Crippen LogP contribution < -0.4 is 0 Å². The van der Waals surface area contributed by atoms with Crippen molar-refractivity contribution < 1.29 is 4.79 Å². The van der Waals surface area contributed by atoms with Crippen molar-refractivity contribution in [3.05, 3.63) is 101 Å². The molecule has 0 saturated heterocycles. The fraction of sp³-hybridized carbons (Fsp3) is 0.167. The normalized spacial score (nSPS) is 18.0. The monoisotopic (exact) mass is 386 g/mol. The Morgan fingerprint density at radius 2 is 1.86 bits per heavy atom. The summed E-state index contributed by atoms with van der Waals surface area (Å²) < 4.78 is 0. The fourth-order valence-electron chi connectivity index (χ4n) is 3.71. The molecule has 0 N–H and O–H groups in total. The van der Waals surface area contributed by atoms with Gasteiger partial charge in [-0.2, -0.15) is 0 Å². The molecule has 3 aromatic rings. The van der Waals surface area contributed by atoms with E-state index in [-0.39, 0.29) is 23.7 Å². The first-order valence-electron chi connectivity index (χ1n) is 9.17. The van der Waals surface area contributed by atoms with Crippen LogP contribution in [-0.2, 0) is 11.3 Å². The number of halogens is 1. The highest BCUT2D eigenvalue weighted by Gasteiger charge is 2.37. The molecule has 4 rings (SSSR count). The Morgan fingerprint density at radius 1 is 1.07 bits per heavy atom. The second-order valence-electron chi connectivity index (χ2n) is 6.70. The zero-order valence-electron chi connectivity index (χ0n) is 15.3. The Hall–Kier alpha value is -3.09. The molecule has 4 heteroatoms. The quantitative estimate of drug-likeness (QED) is 0.488. The number of carbonyl (C=O) groups excluding carboxylic acids is 1. The maximum absolute atomic E-state index is 12.7. The lowest BCUT2D eigenvalue weighted by Gasteiger charge is -2.40. The van der Waals surface area contributed by atoms with Gasteiger partial charge in [0, 0.05) is 30.4 Å². The minimum Gasteiger partial charge on any atom is -0.322 e. The van der Waals surface area contributed by atoms with Crippen molar-refractivity contribution in [3.63, 3.8) is 0 Å². The van der Waals surface area contributed by atoms with Crippen LogP contribution in [0.5, 0.6) is 0 Å². The van der Waals surface area contributed by atoms with Crippen LogP contribution in [0.15, 0.2) is 79.1 Å². The van der Waals surface area contributed by atoms with Crippen molar-refractivity contribution in [2.45, 2.75) is 18.5 Å². The van der Waals surface area contributed by atoms with Gasteiger partial charge in [0.1, 0.15) is 11.9 Å². The molecule has 0 aliphatic carbocycles. The summed E-state index contributed by atoms with van der Waals surface area (Å²) in [5.41, 5.74) is 4.30. The third-order valence-electron chi connectivity index (χ3n) is 5.00. The van der Waals surface area contributed by atoms with Gasteiger partial charge in [0.25, 0.3) is 0 Å². The largest absolute Gasteiger partial charge is 0.322 e. The third-order valence-corrected chi connectivity index (χ3v) is 5.23. The second kappa shape index (κ2) is 8.29. The van der Waals surface area contributed by atoms with Crippen LogP contribution in [0.25, 0.3) is 0 Å². The average Bonchev–Trinajstić information content (AvgIpc) is 2.77. The molecule has 2 heterocycles. The van der Waals surface area contributed by atoms with Gasteiger partial charge in [0.15, 0.2) is 0 Å². The number of hydrogen-bond acceptors (Lipinski definition) is 2. The summed E-state index contributed by atoms with van der Waals surface area (Å²) in [5, 5.41) is 0. The van der Waals surface area contributed by atoms with E-state index in [1.54, 1.807) is 17.3 Å². The Morgan fingerprint density at radius 3 is 2.61 bits per heavy atom. The Kier molecular flexibility index (Phi) is 5.41. The molecule has 3 nitrogen and oxygen atoms in total. The van der Waals surface area contributed by atoms with Gasteiger partial charge in [0.2, 0.25) is 5.91 Å². The molecule has 1 aliphatic heterocycles.